The monoisotopic (exact) mass is 920 g/mol. The fraction of sp³-hybridized carbons (Fsp3) is 0.778. The van der Waals surface area contributed by atoms with Crippen molar-refractivity contribution in [2.75, 3.05) is 26.4 Å². The second kappa shape index (κ2) is 50.1. The predicted molar refractivity (Wildman–Crippen MR) is 270 cm³/mol. The first-order chi connectivity index (χ1) is 31.3. The van der Waals surface area contributed by atoms with Gasteiger partial charge in [-0.1, -0.05) is 229 Å². The lowest BCUT2D eigenvalue weighted by Gasteiger charge is -2.15. The lowest BCUT2D eigenvalue weighted by Crippen LogP contribution is -2.27. The molecule has 0 aromatic carbocycles. The van der Waals surface area contributed by atoms with Crippen molar-refractivity contribution in [2.24, 2.45) is 0 Å². The smallest absolute Gasteiger partial charge is 0.463 e. The Morgan fingerprint density at radius 3 is 1.34 bits per heavy atom. The molecule has 0 spiro atoms. The molecule has 0 radical (unpaired) electrons. The van der Waals surface area contributed by atoms with Crippen LogP contribution in [-0.4, -0.2) is 54.3 Å². The first-order valence-electron chi connectivity index (χ1n) is 26.3. The standard InChI is InChI=1S/C54H98NO8P/c1-3-5-7-9-11-13-15-17-19-21-23-25-27-28-30-32-34-36-38-40-42-44-46-53(57)55-48-49-62-64(59,60)63-51-52(56)50-61-54(58)47-45-43-41-39-37-35-33-31-29-26-24-22-20-18-16-14-12-10-8-6-4-2/h6,8,12,14,18,20,24,26,31,33,52,56H,3-5,7,9-11,13,15-17,19,21-23,25,27-30,32,34-51H2,1-2H3,(H,55,57)(H,59,60)/b8-6-,14-12-,20-18-,26-24-,33-31-. The Morgan fingerprint density at radius 1 is 0.500 bits per heavy atom. The van der Waals surface area contributed by atoms with E-state index in [1.54, 1.807) is 0 Å². The van der Waals surface area contributed by atoms with E-state index in [2.05, 4.69) is 79.9 Å². The number of carbonyl (C=O) groups excluding carboxylic acids is 2. The summed E-state index contributed by atoms with van der Waals surface area (Å²) in [6.45, 7) is 3.45. The Bertz CT molecular complexity index is 1230. The van der Waals surface area contributed by atoms with Gasteiger partial charge < -0.3 is 20.1 Å². The number of nitrogens with one attached hydrogen (secondary N) is 1. The van der Waals surface area contributed by atoms with Crippen LogP contribution in [0.25, 0.3) is 0 Å². The van der Waals surface area contributed by atoms with E-state index in [9.17, 15) is 24.2 Å². The average molecular weight is 920 g/mol. The van der Waals surface area contributed by atoms with Crippen molar-refractivity contribution < 1.29 is 37.9 Å². The summed E-state index contributed by atoms with van der Waals surface area (Å²) in [5.74, 6) is -0.530. The lowest BCUT2D eigenvalue weighted by molar-refractivity contribution is -0.147. The van der Waals surface area contributed by atoms with Crippen molar-refractivity contribution in [3.05, 3.63) is 60.8 Å². The van der Waals surface area contributed by atoms with Crippen LogP contribution in [0.5, 0.6) is 0 Å². The third-order valence-corrected chi connectivity index (χ3v) is 12.2. The summed E-state index contributed by atoms with van der Waals surface area (Å²) >= 11 is 0. The van der Waals surface area contributed by atoms with Gasteiger partial charge in [0.1, 0.15) is 12.7 Å². The van der Waals surface area contributed by atoms with E-state index >= 15 is 0 Å². The number of carbonyl (C=O) groups is 2. The molecule has 2 atom stereocenters. The van der Waals surface area contributed by atoms with Crippen molar-refractivity contribution in [1.82, 2.24) is 5.32 Å². The quantitative estimate of drug-likeness (QED) is 0.0238. The molecule has 0 aromatic heterocycles. The molecule has 0 aliphatic heterocycles. The molecule has 0 bridgehead atoms. The first kappa shape index (κ1) is 61.7. The summed E-state index contributed by atoms with van der Waals surface area (Å²) < 4.78 is 27.0. The number of aliphatic hydroxyl groups excluding tert-OH is 1. The molecular weight excluding hydrogens is 822 g/mol. The number of esters is 1. The van der Waals surface area contributed by atoms with Gasteiger partial charge in [0.25, 0.3) is 0 Å². The molecular formula is C54H98NO8P. The normalized spacial score (nSPS) is 13.6. The zero-order valence-corrected chi connectivity index (χ0v) is 42.1. The summed E-state index contributed by atoms with van der Waals surface area (Å²) in [4.78, 5) is 34.1. The topological polar surface area (TPSA) is 131 Å². The summed E-state index contributed by atoms with van der Waals surface area (Å²) in [6.07, 6.45) is 61.6. The highest BCUT2D eigenvalue weighted by Crippen LogP contribution is 2.42. The first-order valence-corrected chi connectivity index (χ1v) is 27.8. The van der Waals surface area contributed by atoms with E-state index in [0.29, 0.717) is 12.8 Å². The third kappa shape index (κ3) is 50.7. The zero-order valence-electron chi connectivity index (χ0n) is 41.2. The van der Waals surface area contributed by atoms with Gasteiger partial charge in [-0.2, -0.15) is 0 Å². The number of hydrogen-bond donors (Lipinski definition) is 3. The van der Waals surface area contributed by atoms with Crippen molar-refractivity contribution in [3.63, 3.8) is 0 Å². The highest BCUT2D eigenvalue weighted by molar-refractivity contribution is 7.47. The molecule has 0 saturated carbocycles. The Kier molecular flexibility index (Phi) is 48.3. The van der Waals surface area contributed by atoms with Gasteiger partial charge in [0, 0.05) is 19.4 Å². The van der Waals surface area contributed by atoms with Crippen LogP contribution >= 0.6 is 7.82 Å². The fourth-order valence-corrected chi connectivity index (χ4v) is 8.05. The van der Waals surface area contributed by atoms with Gasteiger partial charge in [-0.25, -0.2) is 4.57 Å². The number of phosphoric acid groups is 1. The molecule has 2 unspecified atom stereocenters. The maximum atomic E-state index is 12.2. The Morgan fingerprint density at radius 2 is 0.891 bits per heavy atom. The molecule has 1 amide bonds. The molecule has 0 aliphatic carbocycles. The highest BCUT2D eigenvalue weighted by Gasteiger charge is 2.23. The minimum atomic E-state index is -4.43. The largest absolute Gasteiger partial charge is 0.472 e. The van der Waals surface area contributed by atoms with Gasteiger partial charge in [0.2, 0.25) is 5.91 Å². The number of unbranched alkanes of at least 4 members (excludes halogenated alkanes) is 26. The summed E-state index contributed by atoms with van der Waals surface area (Å²) in [5, 5.41) is 12.8. The highest BCUT2D eigenvalue weighted by atomic mass is 31.2. The summed E-state index contributed by atoms with van der Waals surface area (Å²) in [6, 6.07) is 0. The molecule has 0 aliphatic rings. The summed E-state index contributed by atoms with van der Waals surface area (Å²) in [7, 11) is -4.43. The van der Waals surface area contributed by atoms with Gasteiger partial charge in [-0.05, 0) is 57.8 Å². The van der Waals surface area contributed by atoms with Crippen LogP contribution in [0, 0.1) is 0 Å². The van der Waals surface area contributed by atoms with Crippen molar-refractivity contribution >= 4 is 19.7 Å². The van der Waals surface area contributed by atoms with Crippen molar-refractivity contribution in [2.45, 2.75) is 245 Å². The van der Waals surface area contributed by atoms with Gasteiger partial charge in [-0.3, -0.25) is 18.6 Å². The number of phosphoric ester groups is 1. The van der Waals surface area contributed by atoms with Gasteiger partial charge in [0.15, 0.2) is 0 Å². The molecule has 9 nitrogen and oxygen atoms in total. The van der Waals surface area contributed by atoms with Crippen LogP contribution < -0.4 is 5.32 Å². The molecule has 10 heteroatoms. The van der Waals surface area contributed by atoms with Crippen LogP contribution in [-0.2, 0) is 27.9 Å². The number of amides is 1. The van der Waals surface area contributed by atoms with Crippen LogP contribution in [0.2, 0.25) is 0 Å². The average Bonchev–Trinajstić information content (AvgIpc) is 3.28. The maximum Gasteiger partial charge on any atom is 0.472 e. The van der Waals surface area contributed by atoms with E-state index in [1.165, 1.54) is 122 Å². The van der Waals surface area contributed by atoms with Gasteiger partial charge in [-0.15, -0.1) is 0 Å². The number of aliphatic hydroxyl groups is 1. The number of ether oxygens (including phenoxy) is 1. The second-order valence-electron chi connectivity index (χ2n) is 17.5. The van der Waals surface area contributed by atoms with Gasteiger partial charge >= 0.3 is 13.8 Å². The molecule has 0 aromatic rings. The number of rotatable bonds is 49. The minimum absolute atomic E-state index is 0.0799. The van der Waals surface area contributed by atoms with E-state index in [0.717, 1.165) is 83.5 Å². The Balaban J connectivity index is 3.57. The zero-order chi connectivity index (χ0) is 46.7. The maximum absolute atomic E-state index is 12.2. The van der Waals surface area contributed by atoms with Crippen molar-refractivity contribution in [1.29, 1.82) is 0 Å². The van der Waals surface area contributed by atoms with Crippen molar-refractivity contribution in [3.8, 4) is 0 Å². The molecule has 0 fully saturated rings. The van der Waals surface area contributed by atoms with E-state index in [4.69, 9.17) is 13.8 Å². The molecule has 64 heavy (non-hydrogen) atoms. The molecule has 372 valence electrons. The second-order valence-corrected chi connectivity index (χ2v) is 18.9. The minimum Gasteiger partial charge on any atom is -0.463 e. The Labute approximate surface area is 393 Å². The van der Waals surface area contributed by atoms with Crippen LogP contribution in [0.4, 0.5) is 0 Å². The van der Waals surface area contributed by atoms with Gasteiger partial charge in [0.05, 0.1) is 13.2 Å². The molecule has 3 N–H and O–H groups in total. The SMILES string of the molecule is CC/C=C\C/C=C\C/C=C\C/C=C\C/C=C\CCCCCCCC(=O)OCC(O)COP(=O)(O)OCCNC(=O)CCCCCCCCCCCCCCCCCCCCCCCC. The third-order valence-electron chi connectivity index (χ3n) is 11.2. The summed E-state index contributed by atoms with van der Waals surface area (Å²) in [5.41, 5.74) is 0. The van der Waals surface area contributed by atoms with E-state index < -0.39 is 26.5 Å². The van der Waals surface area contributed by atoms with Crippen LogP contribution in [0.1, 0.15) is 239 Å². The molecule has 0 heterocycles. The van der Waals surface area contributed by atoms with E-state index in [1.807, 2.05) is 0 Å². The van der Waals surface area contributed by atoms with E-state index in [-0.39, 0.29) is 32.1 Å². The number of hydrogen-bond acceptors (Lipinski definition) is 7. The molecule has 0 saturated heterocycles. The lowest BCUT2D eigenvalue weighted by atomic mass is 10.0. The number of allylic oxidation sites excluding steroid dienone is 10. The fourth-order valence-electron chi connectivity index (χ4n) is 7.29. The van der Waals surface area contributed by atoms with Crippen LogP contribution in [0.15, 0.2) is 60.8 Å². The Hall–Kier alpha value is -2.29. The predicted octanol–water partition coefficient (Wildman–Crippen LogP) is 15.6. The van der Waals surface area contributed by atoms with Crippen LogP contribution in [0.3, 0.4) is 0 Å². The molecule has 0 rings (SSSR count).